The van der Waals surface area contributed by atoms with Gasteiger partial charge in [-0.25, -0.2) is 4.98 Å². The third-order valence-corrected chi connectivity index (χ3v) is 5.85. The second-order valence-electron chi connectivity index (χ2n) is 5.41. The van der Waals surface area contributed by atoms with Gasteiger partial charge in [0.2, 0.25) is 0 Å². The molecule has 4 aromatic rings. The van der Waals surface area contributed by atoms with Crippen molar-refractivity contribution >= 4 is 51.1 Å². The number of thiazole rings is 1. The number of fused-ring (bicyclic) bond motifs is 1. The van der Waals surface area contributed by atoms with Crippen molar-refractivity contribution in [2.24, 2.45) is 0 Å². The summed E-state index contributed by atoms with van der Waals surface area (Å²) < 4.78 is 2.04. The molecule has 0 saturated heterocycles. The van der Waals surface area contributed by atoms with Gasteiger partial charge < -0.3 is 0 Å². The van der Waals surface area contributed by atoms with Crippen LogP contribution in [0.25, 0.3) is 16.2 Å². The lowest BCUT2D eigenvalue weighted by atomic mass is 10.1. The summed E-state index contributed by atoms with van der Waals surface area (Å²) in [7, 11) is 0. The van der Waals surface area contributed by atoms with E-state index in [9.17, 15) is 0 Å². The zero-order valence-electron chi connectivity index (χ0n) is 12.3. The smallest absolute Gasteiger partial charge is 0.194 e. The van der Waals surface area contributed by atoms with Crippen molar-refractivity contribution in [2.45, 2.75) is 6.42 Å². The van der Waals surface area contributed by atoms with Gasteiger partial charge in [-0.05, 0) is 23.8 Å². The number of halogens is 3. The second-order valence-corrected chi connectivity index (χ2v) is 7.73. The van der Waals surface area contributed by atoms with Crippen LogP contribution in [0.15, 0.2) is 54.9 Å². The molecule has 2 heterocycles. The van der Waals surface area contributed by atoms with Gasteiger partial charge in [0.15, 0.2) is 4.96 Å². The highest BCUT2D eigenvalue weighted by atomic mass is 35.5. The van der Waals surface area contributed by atoms with Gasteiger partial charge in [0.25, 0.3) is 0 Å². The number of imidazole rings is 1. The van der Waals surface area contributed by atoms with Crippen molar-refractivity contribution in [1.82, 2.24) is 9.38 Å². The van der Waals surface area contributed by atoms with Crippen molar-refractivity contribution < 1.29 is 0 Å². The van der Waals surface area contributed by atoms with Gasteiger partial charge in [0.1, 0.15) is 0 Å². The first-order valence-electron chi connectivity index (χ1n) is 7.26. The monoisotopic (exact) mass is 392 g/mol. The molecule has 4 rings (SSSR count). The first kappa shape index (κ1) is 16.0. The van der Waals surface area contributed by atoms with E-state index in [1.807, 2.05) is 47.0 Å². The summed E-state index contributed by atoms with van der Waals surface area (Å²) in [5.74, 6) is 0. The van der Waals surface area contributed by atoms with Crippen LogP contribution in [-0.2, 0) is 6.42 Å². The van der Waals surface area contributed by atoms with Gasteiger partial charge in [-0.3, -0.25) is 4.40 Å². The molecule has 0 unspecified atom stereocenters. The molecular formula is C18H11Cl3N2S. The van der Waals surface area contributed by atoms with E-state index in [2.05, 4.69) is 6.20 Å². The minimum Gasteiger partial charge on any atom is -0.297 e. The van der Waals surface area contributed by atoms with E-state index in [-0.39, 0.29) is 0 Å². The molecule has 0 amide bonds. The number of nitrogens with zero attached hydrogens (tertiary/aromatic N) is 2. The van der Waals surface area contributed by atoms with Gasteiger partial charge in [-0.15, -0.1) is 11.3 Å². The molecule has 0 atom stereocenters. The van der Waals surface area contributed by atoms with E-state index >= 15 is 0 Å². The lowest BCUT2D eigenvalue weighted by Gasteiger charge is -2.03. The molecule has 0 fully saturated rings. The molecule has 2 aromatic carbocycles. The molecule has 24 heavy (non-hydrogen) atoms. The molecular weight excluding hydrogens is 383 g/mol. The summed E-state index contributed by atoms with van der Waals surface area (Å²) in [5.41, 5.74) is 3.01. The Morgan fingerprint density at radius 3 is 2.50 bits per heavy atom. The Morgan fingerprint density at radius 1 is 0.958 bits per heavy atom. The van der Waals surface area contributed by atoms with Gasteiger partial charge in [-0.2, -0.15) is 0 Å². The maximum atomic E-state index is 6.27. The SMILES string of the molecule is Clc1ccc(-c2cn3cc(Cc4cccc(Cl)c4Cl)sc3n2)cc1. The highest BCUT2D eigenvalue weighted by molar-refractivity contribution is 7.17. The van der Waals surface area contributed by atoms with Gasteiger partial charge in [0, 0.05) is 34.3 Å². The lowest BCUT2D eigenvalue weighted by Crippen LogP contribution is -1.87. The van der Waals surface area contributed by atoms with Crippen molar-refractivity contribution in [2.75, 3.05) is 0 Å². The molecule has 0 aliphatic rings. The Bertz CT molecular complexity index is 987. The maximum Gasteiger partial charge on any atom is 0.194 e. The second kappa shape index (κ2) is 6.41. The van der Waals surface area contributed by atoms with Crippen LogP contribution in [0.5, 0.6) is 0 Å². The van der Waals surface area contributed by atoms with E-state index in [4.69, 9.17) is 39.8 Å². The van der Waals surface area contributed by atoms with Crippen molar-refractivity contribution in [3.05, 3.63) is 80.4 Å². The average Bonchev–Trinajstić information content (AvgIpc) is 3.11. The van der Waals surface area contributed by atoms with E-state index in [1.54, 1.807) is 17.4 Å². The molecule has 0 bridgehead atoms. The fourth-order valence-corrected chi connectivity index (χ4v) is 4.05. The van der Waals surface area contributed by atoms with Crippen LogP contribution < -0.4 is 0 Å². The first-order chi connectivity index (χ1) is 11.6. The summed E-state index contributed by atoms with van der Waals surface area (Å²) in [6.45, 7) is 0. The largest absolute Gasteiger partial charge is 0.297 e. The van der Waals surface area contributed by atoms with Crippen molar-refractivity contribution in [3.63, 3.8) is 0 Å². The number of aromatic nitrogens is 2. The van der Waals surface area contributed by atoms with Crippen LogP contribution in [0.2, 0.25) is 15.1 Å². The third kappa shape index (κ3) is 3.05. The van der Waals surface area contributed by atoms with Crippen LogP contribution in [-0.4, -0.2) is 9.38 Å². The third-order valence-electron chi connectivity index (χ3n) is 3.74. The zero-order valence-corrected chi connectivity index (χ0v) is 15.4. The van der Waals surface area contributed by atoms with E-state index in [0.717, 1.165) is 33.2 Å². The Balaban J connectivity index is 1.64. The Hall–Kier alpha value is -1.52. The van der Waals surface area contributed by atoms with Crippen LogP contribution in [0, 0.1) is 0 Å². The van der Waals surface area contributed by atoms with Crippen molar-refractivity contribution in [3.8, 4) is 11.3 Å². The summed E-state index contributed by atoms with van der Waals surface area (Å²) in [4.78, 5) is 6.83. The lowest BCUT2D eigenvalue weighted by molar-refractivity contribution is 1.16. The van der Waals surface area contributed by atoms with Crippen molar-refractivity contribution in [1.29, 1.82) is 0 Å². The minimum atomic E-state index is 0.584. The molecule has 0 aliphatic heterocycles. The van der Waals surface area contributed by atoms with E-state index < -0.39 is 0 Å². The fourth-order valence-electron chi connectivity index (χ4n) is 2.56. The molecule has 0 radical (unpaired) electrons. The molecule has 0 saturated carbocycles. The van der Waals surface area contributed by atoms with Crippen LogP contribution in [0.3, 0.4) is 0 Å². The van der Waals surface area contributed by atoms with E-state index in [1.165, 1.54) is 4.88 Å². The Labute approximate surface area is 158 Å². The van der Waals surface area contributed by atoms with Crippen LogP contribution in [0.4, 0.5) is 0 Å². The quantitative estimate of drug-likeness (QED) is 0.382. The normalized spacial score (nSPS) is 11.3. The standard InChI is InChI=1S/C18H11Cl3N2S/c19-13-6-4-11(5-7-13)16-10-23-9-14(24-18(23)22-16)8-12-2-1-3-15(20)17(12)21/h1-7,9-10H,8H2. The number of hydrogen-bond acceptors (Lipinski definition) is 2. The molecule has 120 valence electrons. The van der Waals surface area contributed by atoms with Gasteiger partial charge in [0.05, 0.1) is 15.7 Å². The first-order valence-corrected chi connectivity index (χ1v) is 9.21. The number of hydrogen-bond donors (Lipinski definition) is 0. The number of rotatable bonds is 3. The highest BCUT2D eigenvalue weighted by Crippen LogP contribution is 2.30. The predicted octanol–water partition coefficient (Wildman–Crippen LogP) is 6.61. The molecule has 2 nitrogen and oxygen atoms in total. The predicted molar refractivity (Wildman–Crippen MR) is 103 cm³/mol. The summed E-state index contributed by atoms with van der Waals surface area (Å²) >= 11 is 19.9. The zero-order chi connectivity index (χ0) is 16.7. The maximum absolute atomic E-state index is 6.27. The summed E-state index contributed by atoms with van der Waals surface area (Å²) in [6, 6.07) is 13.4. The highest BCUT2D eigenvalue weighted by Gasteiger charge is 2.11. The Kier molecular flexibility index (Phi) is 4.27. The fraction of sp³-hybridized carbons (Fsp3) is 0.0556. The minimum absolute atomic E-state index is 0.584. The van der Waals surface area contributed by atoms with Crippen LogP contribution in [0.1, 0.15) is 10.4 Å². The van der Waals surface area contributed by atoms with Gasteiger partial charge >= 0.3 is 0 Å². The van der Waals surface area contributed by atoms with E-state index in [0.29, 0.717) is 10.0 Å². The molecule has 2 aromatic heterocycles. The topological polar surface area (TPSA) is 17.3 Å². The summed E-state index contributed by atoms with van der Waals surface area (Å²) in [5, 5.41) is 1.92. The molecule has 6 heteroatoms. The molecule has 0 aliphatic carbocycles. The Morgan fingerprint density at radius 2 is 1.75 bits per heavy atom. The molecule has 0 spiro atoms. The van der Waals surface area contributed by atoms with Crippen LogP contribution >= 0.6 is 46.1 Å². The summed E-state index contributed by atoms with van der Waals surface area (Å²) in [6.07, 6.45) is 4.85. The number of benzene rings is 2. The average molecular weight is 394 g/mol. The molecule has 0 N–H and O–H groups in total. The van der Waals surface area contributed by atoms with Gasteiger partial charge in [-0.1, -0.05) is 59.1 Å².